The lowest BCUT2D eigenvalue weighted by atomic mass is 9.94. The van der Waals surface area contributed by atoms with Gasteiger partial charge >= 0.3 is 5.97 Å². The van der Waals surface area contributed by atoms with Crippen LogP contribution in [0.25, 0.3) is 0 Å². The van der Waals surface area contributed by atoms with E-state index in [0.29, 0.717) is 15.7 Å². The first-order valence-electron chi connectivity index (χ1n) is 7.05. The Kier molecular flexibility index (Phi) is 4.55. The molecule has 1 N–H and O–H groups in total. The number of hydrogen-bond donors (Lipinski definition) is 1. The summed E-state index contributed by atoms with van der Waals surface area (Å²) < 4.78 is 5.31. The van der Waals surface area contributed by atoms with Crippen molar-refractivity contribution in [1.82, 2.24) is 0 Å². The van der Waals surface area contributed by atoms with Gasteiger partial charge in [-0.1, -0.05) is 53.5 Å². The summed E-state index contributed by atoms with van der Waals surface area (Å²) in [6, 6.07) is 14.0. The lowest BCUT2D eigenvalue weighted by molar-refractivity contribution is -0.141. The second-order valence-electron chi connectivity index (χ2n) is 5.25. The van der Waals surface area contributed by atoms with Crippen LogP contribution in [-0.2, 0) is 14.3 Å². The fraction of sp³-hybridized carbons (Fsp3) is 0.176. The zero-order valence-electron chi connectivity index (χ0n) is 12.0. The van der Waals surface area contributed by atoms with Crippen molar-refractivity contribution in [3.05, 3.63) is 64.1 Å². The zero-order chi connectivity index (χ0) is 16.4. The summed E-state index contributed by atoms with van der Waals surface area (Å²) in [5, 5.41) is 3.52. The Labute approximate surface area is 143 Å². The Hall–Kier alpha value is -2.04. The second kappa shape index (κ2) is 6.60. The number of hydrogen-bond acceptors (Lipinski definition) is 3. The molecule has 118 valence electrons. The fourth-order valence-corrected chi connectivity index (χ4v) is 2.84. The smallest absolute Gasteiger partial charge is 0.307 e. The minimum atomic E-state index is -0.584. The number of rotatable bonds is 3. The molecule has 0 saturated carbocycles. The monoisotopic (exact) mass is 349 g/mol. The molecule has 1 amide bonds. The molecule has 0 radical (unpaired) electrons. The summed E-state index contributed by atoms with van der Waals surface area (Å²) in [6.45, 7) is 0. The number of esters is 1. The van der Waals surface area contributed by atoms with Crippen molar-refractivity contribution in [1.29, 1.82) is 0 Å². The molecular formula is C17H13Cl2NO3. The number of anilines is 1. The lowest BCUT2D eigenvalue weighted by Gasteiger charge is -2.17. The van der Waals surface area contributed by atoms with Crippen molar-refractivity contribution < 1.29 is 14.3 Å². The number of carbonyl (C=O) groups is 2. The topological polar surface area (TPSA) is 55.4 Å². The highest BCUT2D eigenvalue weighted by atomic mass is 35.5. The SMILES string of the molecule is O=C1C[C@H](C(=O)Nc2ccc(Cl)c(Cl)c2)[C@H](c2ccccc2)O1. The average molecular weight is 350 g/mol. The summed E-state index contributed by atoms with van der Waals surface area (Å²) in [4.78, 5) is 24.2. The molecule has 6 heteroatoms. The predicted octanol–water partition coefficient (Wildman–Crippen LogP) is 4.24. The van der Waals surface area contributed by atoms with Gasteiger partial charge in [0.15, 0.2) is 0 Å². The normalized spacial score (nSPS) is 20.2. The van der Waals surface area contributed by atoms with Crippen molar-refractivity contribution in [2.24, 2.45) is 5.92 Å². The Morgan fingerprint density at radius 1 is 1.09 bits per heavy atom. The highest BCUT2D eigenvalue weighted by molar-refractivity contribution is 6.42. The average Bonchev–Trinajstić information content (AvgIpc) is 2.94. The Morgan fingerprint density at radius 3 is 2.52 bits per heavy atom. The van der Waals surface area contributed by atoms with Crippen molar-refractivity contribution in [2.45, 2.75) is 12.5 Å². The van der Waals surface area contributed by atoms with E-state index < -0.39 is 12.0 Å². The van der Waals surface area contributed by atoms with Gasteiger partial charge in [0.1, 0.15) is 6.10 Å². The first-order chi connectivity index (χ1) is 11.0. The molecule has 2 atom stereocenters. The van der Waals surface area contributed by atoms with E-state index in [2.05, 4.69) is 5.32 Å². The third kappa shape index (κ3) is 3.49. The molecule has 4 nitrogen and oxygen atoms in total. The van der Waals surface area contributed by atoms with Crippen molar-refractivity contribution in [3.63, 3.8) is 0 Å². The van der Waals surface area contributed by atoms with Crippen LogP contribution in [0.1, 0.15) is 18.1 Å². The summed E-state index contributed by atoms with van der Waals surface area (Å²) in [7, 11) is 0. The van der Waals surface area contributed by atoms with Gasteiger partial charge in [-0.15, -0.1) is 0 Å². The summed E-state index contributed by atoms with van der Waals surface area (Å²) >= 11 is 11.8. The van der Waals surface area contributed by atoms with Gasteiger partial charge in [0.05, 0.1) is 22.4 Å². The van der Waals surface area contributed by atoms with Gasteiger partial charge in [-0.05, 0) is 23.8 Å². The molecule has 1 aliphatic rings. The maximum Gasteiger partial charge on any atom is 0.307 e. The van der Waals surface area contributed by atoms with E-state index in [9.17, 15) is 9.59 Å². The molecule has 0 bridgehead atoms. The van der Waals surface area contributed by atoms with Gasteiger partial charge in [-0.25, -0.2) is 0 Å². The van der Waals surface area contributed by atoms with Gasteiger partial charge in [0, 0.05) is 5.69 Å². The molecule has 1 fully saturated rings. The van der Waals surface area contributed by atoms with Crippen LogP contribution in [0.15, 0.2) is 48.5 Å². The van der Waals surface area contributed by atoms with Crippen LogP contribution in [0.2, 0.25) is 10.0 Å². The molecule has 1 aliphatic heterocycles. The number of amides is 1. The number of cyclic esters (lactones) is 1. The van der Waals surface area contributed by atoms with Gasteiger partial charge in [0.2, 0.25) is 5.91 Å². The van der Waals surface area contributed by atoms with Crippen molar-refractivity contribution >= 4 is 40.8 Å². The highest BCUT2D eigenvalue weighted by Gasteiger charge is 2.40. The minimum Gasteiger partial charge on any atom is -0.457 e. The fourth-order valence-electron chi connectivity index (χ4n) is 2.54. The summed E-state index contributed by atoms with van der Waals surface area (Å²) in [5.74, 6) is -1.25. The first kappa shape index (κ1) is 15.8. The van der Waals surface area contributed by atoms with E-state index >= 15 is 0 Å². The molecule has 23 heavy (non-hydrogen) atoms. The Morgan fingerprint density at radius 2 is 1.83 bits per heavy atom. The predicted molar refractivity (Wildman–Crippen MR) is 88.5 cm³/mol. The van der Waals surface area contributed by atoms with Crippen LogP contribution in [0.4, 0.5) is 5.69 Å². The van der Waals surface area contributed by atoms with E-state index in [0.717, 1.165) is 5.56 Å². The molecule has 0 aliphatic carbocycles. The van der Waals surface area contributed by atoms with Crippen molar-refractivity contribution in [3.8, 4) is 0 Å². The van der Waals surface area contributed by atoms with E-state index in [1.54, 1.807) is 18.2 Å². The second-order valence-corrected chi connectivity index (χ2v) is 6.06. The van der Waals surface area contributed by atoms with Gasteiger partial charge in [-0.3, -0.25) is 9.59 Å². The largest absolute Gasteiger partial charge is 0.457 e. The molecule has 0 spiro atoms. The summed E-state index contributed by atoms with van der Waals surface area (Å²) in [6.07, 6.45) is -0.529. The maximum atomic E-state index is 12.5. The molecule has 0 aromatic heterocycles. The Balaban J connectivity index is 1.79. The van der Waals surface area contributed by atoms with E-state index in [1.165, 1.54) is 0 Å². The molecule has 1 saturated heterocycles. The van der Waals surface area contributed by atoms with Crippen LogP contribution in [0, 0.1) is 5.92 Å². The first-order valence-corrected chi connectivity index (χ1v) is 7.80. The summed E-state index contributed by atoms with van der Waals surface area (Å²) in [5.41, 5.74) is 1.32. The maximum absolute atomic E-state index is 12.5. The number of benzene rings is 2. The third-order valence-corrected chi connectivity index (χ3v) is 4.40. The van der Waals surface area contributed by atoms with E-state index in [4.69, 9.17) is 27.9 Å². The number of ether oxygens (including phenoxy) is 1. The van der Waals surface area contributed by atoms with E-state index in [-0.39, 0.29) is 18.3 Å². The quantitative estimate of drug-likeness (QED) is 0.843. The Bertz CT molecular complexity index is 749. The molecule has 2 aromatic carbocycles. The highest BCUT2D eigenvalue weighted by Crippen LogP contribution is 2.36. The van der Waals surface area contributed by atoms with Crippen LogP contribution in [0.5, 0.6) is 0 Å². The number of nitrogens with one attached hydrogen (secondary N) is 1. The molecular weight excluding hydrogens is 337 g/mol. The van der Waals surface area contributed by atoms with Crippen molar-refractivity contribution in [2.75, 3.05) is 5.32 Å². The third-order valence-electron chi connectivity index (χ3n) is 3.66. The molecule has 1 heterocycles. The van der Waals surface area contributed by atoms with Gasteiger partial charge < -0.3 is 10.1 Å². The lowest BCUT2D eigenvalue weighted by Crippen LogP contribution is -2.25. The van der Waals surface area contributed by atoms with Crippen LogP contribution >= 0.6 is 23.2 Å². The number of halogens is 2. The molecule has 3 rings (SSSR count). The van der Waals surface area contributed by atoms with E-state index in [1.807, 2.05) is 30.3 Å². The molecule has 0 unspecified atom stereocenters. The standard InChI is InChI=1S/C17H13Cl2NO3/c18-13-7-6-11(8-14(13)19)20-17(22)12-9-15(21)23-16(12)10-4-2-1-3-5-10/h1-8,12,16H,9H2,(H,20,22)/t12-,16-/m0/s1. The van der Waals surface area contributed by atoms with Crippen LogP contribution < -0.4 is 5.32 Å². The minimum absolute atomic E-state index is 0.0483. The molecule has 2 aromatic rings. The van der Waals surface area contributed by atoms with Gasteiger partial charge in [0.25, 0.3) is 0 Å². The van der Waals surface area contributed by atoms with Crippen LogP contribution in [0.3, 0.4) is 0 Å². The van der Waals surface area contributed by atoms with Gasteiger partial charge in [-0.2, -0.15) is 0 Å². The zero-order valence-corrected chi connectivity index (χ0v) is 13.5. The number of carbonyl (C=O) groups excluding carboxylic acids is 2. The van der Waals surface area contributed by atoms with Crippen LogP contribution in [-0.4, -0.2) is 11.9 Å².